The van der Waals surface area contributed by atoms with E-state index in [0.29, 0.717) is 28.9 Å². The number of hydrogen-bond donors (Lipinski definition) is 1. The summed E-state index contributed by atoms with van der Waals surface area (Å²) < 4.78 is 1.21. The number of rotatable bonds is 9. The van der Waals surface area contributed by atoms with E-state index in [1.165, 1.54) is 36.8 Å². The molecule has 0 bridgehead atoms. The van der Waals surface area contributed by atoms with Crippen molar-refractivity contribution in [2.24, 2.45) is 0 Å². The van der Waals surface area contributed by atoms with Gasteiger partial charge in [-0.25, -0.2) is 4.79 Å². The van der Waals surface area contributed by atoms with Crippen LogP contribution in [0.3, 0.4) is 0 Å². The fourth-order valence-electron chi connectivity index (χ4n) is 5.01. The highest BCUT2D eigenvalue weighted by Crippen LogP contribution is 2.20. The van der Waals surface area contributed by atoms with Crippen LogP contribution in [0.1, 0.15) is 73.4 Å². The molecule has 0 saturated carbocycles. The SMILES string of the molecule is CCC1CCCCN1CCCCC(=O)c1ccc2c(=O)n(Cc3ccc(C)cc3)c(=O)[nH]c2c1. The number of likely N-dealkylation sites (tertiary alicyclic amines) is 1. The van der Waals surface area contributed by atoms with Crippen LogP contribution in [0.5, 0.6) is 0 Å². The van der Waals surface area contributed by atoms with Gasteiger partial charge < -0.3 is 9.88 Å². The smallest absolute Gasteiger partial charge is 0.307 e. The Morgan fingerprint density at radius 1 is 1.06 bits per heavy atom. The van der Waals surface area contributed by atoms with Gasteiger partial charge in [0.2, 0.25) is 0 Å². The van der Waals surface area contributed by atoms with Gasteiger partial charge >= 0.3 is 5.69 Å². The molecule has 34 heavy (non-hydrogen) atoms. The van der Waals surface area contributed by atoms with Crippen LogP contribution in [0.25, 0.3) is 10.9 Å². The lowest BCUT2D eigenvalue weighted by Crippen LogP contribution is -2.39. The van der Waals surface area contributed by atoms with Crippen LogP contribution in [0.15, 0.2) is 52.1 Å². The second-order valence-electron chi connectivity index (χ2n) is 9.54. The molecule has 4 rings (SSSR count). The Balaban J connectivity index is 1.41. The van der Waals surface area contributed by atoms with Crippen molar-refractivity contribution < 1.29 is 4.79 Å². The zero-order chi connectivity index (χ0) is 24.1. The molecule has 0 spiro atoms. The average Bonchev–Trinajstić information content (AvgIpc) is 2.85. The van der Waals surface area contributed by atoms with Crippen LogP contribution in [0.2, 0.25) is 0 Å². The summed E-state index contributed by atoms with van der Waals surface area (Å²) in [5.74, 6) is 0.0530. The fourth-order valence-corrected chi connectivity index (χ4v) is 5.01. The molecule has 2 aromatic carbocycles. The molecule has 0 aliphatic carbocycles. The molecule has 1 aliphatic rings. The number of nitrogens with zero attached hydrogens (tertiary/aromatic N) is 2. The van der Waals surface area contributed by atoms with E-state index in [2.05, 4.69) is 16.8 Å². The average molecular weight is 462 g/mol. The molecule has 1 aromatic heterocycles. The zero-order valence-electron chi connectivity index (χ0n) is 20.3. The molecule has 1 atom stereocenters. The number of fused-ring (bicyclic) bond motifs is 1. The summed E-state index contributed by atoms with van der Waals surface area (Å²) in [5.41, 5.74) is 2.17. The first-order valence-electron chi connectivity index (χ1n) is 12.6. The minimum Gasteiger partial charge on any atom is -0.307 e. The molecule has 0 radical (unpaired) electrons. The van der Waals surface area contributed by atoms with Gasteiger partial charge in [-0.05, 0) is 69.8 Å². The molecular formula is C28H35N3O3. The largest absolute Gasteiger partial charge is 0.329 e. The second kappa shape index (κ2) is 11.0. The number of unbranched alkanes of at least 4 members (excludes halogenated alkanes) is 1. The summed E-state index contributed by atoms with van der Waals surface area (Å²) in [4.78, 5) is 43.8. The number of hydrogen-bond acceptors (Lipinski definition) is 4. The fraction of sp³-hybridized carbons (Fsp3) is 0.464. The lowest BCUT2D eigenvalue weighted by Gasteiger charge is -2.35. The summed E-state index contributed by atoms with van der Waals surface area (Å²) in [6, 6.07) is 13.5. The molecule has 180 valence electrons. The maximum Gasteiger partial charge on any atom is 0.329 e. The van der Waals surface area contributed by atoms with E-state index in [1.54, 1.807) is 18.2 Å². The Bertz CT molecular complexity index is 1260. The monoisotopic (exact) mass is 461 g/mol. The summed E-state index contributed by atoms with van der Waals surface area (Å²) in [5, 5.41) is 0.416. The van der Waals surface area contributed by atoms with Crippen molar-refractivity contribution in [2.45, 2.75) is 71.4 Å². The van der Waals surface area contributed by atoms with Gasteiger partial charge in [-0.1, -0.05) is 49.2 Å². The highest BCUT2D eigenvalue weighted by molar-refractivity contribution is 5.99. The third kappa shape index (κ3) is 5.55. The molecule has 3 aromatic rings. The van der Waals surface area contributed by atoms with E-state index in [-0.39, 0.29) is 17.9 Å². The molecule has 1 unspecified atom stereocenters. The van der Waals surface area contributed by atoms with E-state index in [9.17, 15) is 14.4 Å². The molecule has 2 heterocycles. The molecule has 0 amide bonds. The van der Waals surface area contributed by atoms with Crippen molar-refractivity contribution in [1.82, 2.24) is 14.5 Å². The molecule has 1 N–H and O–H groups in total. The van der Waals surface area contributed by atoms with Crippen molar-refractivity contribution in [2.75, 3.05) is 13.1 Å². The van der Waals surface area contributed by atoms with Crippen molar-refractivity contribution in [3.63, 3.8) is 0 Å². The van der Waals surface area contributed by atoms with E-state index >= 15 is 0 Å². The van der Waals surface area contributed by atoms with E-state index < -0.39 is 5.69 Å². The zero-order valence-corrected chi connectivity index (χ0v) is 20.3. The van der Waals surface area contributed by atoms with Crippen molar-refractivity contribution >= 4 is 16.7 Å². The lowest BCUT2D eigenvalue weighted by atomic mass is 9.99. The normalized spacial score (nSPS) is 16.7. The Labute approximate surface area is 200 Å². The first kappa shape index (κ1) is 24.1. The van der Waals surface area contributed by atoms with Gasteiger partial charge in [0.15, 0.2) is 5.78 Å². The molecule has 6 heteroatoms. The first-order valence-corrected chi connectivity index (χ1v) is 12.6. The number of H-pyrrole nitrogens is 1. The van der Waals surface area contributed by atoms with Crippen LogP contribution in [0.4, 0.5) is 0 Å². The number of aryl methyl sites for hydroxylation is 1. The topological polar surface area (TPSA) is 75.2 Å². The van der Waals surface area contributed by atoms with Gasteiger partial charge in [0.05, 0.1) is 17.4 Å². The number of benzene rings is 2. The number of carbonyl (C=O) groups excluding carboxylic acids is 1. The molecule has 6 nitrogen and oxygen atoms in total. The van der Waals surface area contributed by atoms with Gasteiger partial charge in [-0.15, -0.1) is 0 Å². The van der Waals surface area contributed by atoms with Gasteiger partial charge in [0, 0.05) is 18.0 Å². The number of ketones is 1. The minimum absolute atomic E-state index is 0.0530. The Morgan fingerprint density at radius 3 is 2.62 bits per heavy atom. The summed E-state index contributed by atoms with van der Waals surface area (Å²) >= 11 is 0. The van der Waals surface area contributed by atoms with Gasteiger partial charge in [-0.2, -0.15) is 0 Å². The highest BCUT2D eigenvalue weighted by Gasteiger charge is 2.20. The summed E-state index contributed by atoms with van der Waals surface area (Å²) in [7, 11) is 0. The number of piperidine rings is 1. The van der Waals surface area contributed by atoms with Gasteiger partial charge in [-0.3, -0.25) is 14.2 Å². The van der Waals surface area contributed by atoms with E-state index in [1.807, 2.05) is 31.2 Å². The highest BCUT2D eigenvalue weighted by atomic mass is 16.2. The summed E-state index contributed by atoms with van der Waals surface area (Å²) in [6.45, 7) is 6.69. The van der Waals surface area contributed by atoms with Crippen molar-refractivity contribution in [3.05, 3.63) is 80.0 Å². The number of nitrogens with one attached hydrogen (secondary N) is 1. The number of aromatic nitrogens is 2. The Kier molecular flexibility index (Phi) is 7.78. The third-order valence-electron chi connectivity index (χ3n) is 7.08. The number of aromatic amines is 1. The third-order valence-corrected chi connectivity index (χ3v) is 7.08. The Hall–Kier alpha value is -2.99. The van der Waals surface area contributed by atoms with Gasteiger partial charge in [0.1, 0.15) is 0 Å². The number of carbonyl (C=O) groups is 1. The second-order valence-corrected chi connectivity index (χ2v) is 9.54. The van der Waals surface area contributed by atoms with E-state index in [0.717, 1.165) is 30.5 Å². The van der Waals surface area contributed by atoms with Gasteiger partial charge in [0.25, 0.3) is 5.56 Å². The molecule has 1 saturated heterocycles. The van der Waals surface area contributed by atoms with Crippen LogP contribution in [-0.2, 0) is 6.54 Å². The lowest BCUT2D eigenvalue weighted by molar-refractivity contribution is 0.0973. The van der Waals surface area contributed by atoms with Crippen LogP contribution >= 0.6 is 0 Å². The van der Waals surface area contributed by atoms with E-state index in [4.69, 9.17) is 0 Å². The van der Waals surface area contributed by atoms with Crippen LogP contribution in [0, 0.1) is 6.92 Å². The molecule has 1 aliphatic heterocycles. The van der Waals surface area contributed by atoms with Crippen molar-refractivity contribution in [3.8, 4) is 0 Å². The molecule has 1 fully saturated rings. The standard InChI is InChI=1S/C28H35N3O3/c1-3-23-8-4-6-16-30(23)17-7-5-9-26(32)22-14-15-24-25(18-22)29-28(34)31(27(24)33)19-21-12-10-20(2)11-13-21/h10-15,18,23H,3-9,16-17,19H2,1-2H3,(H,29,34). The van der Waals surface area contributed by atoms with Crippen LogP contribution < -0.4 is 11.2 Å². The number of Topliss-reactive ketones (excluding diaryl/α,β-unsaturated/α-hetero) is 1. The quantitative estimate of drug-likeness (QED) is 0.371. The predicted octanol–water partition coefficient (Wildman–Crippen LogP) is 4.66. The van der Waals surface area contributed by atoms with Crippen molar-refractivity contribution in [1.29, 1.82) is 0 Å². The predicted molar refractivity (Wildman–Crippen MR) is 137 cm³/mol. The molecular weight excluding hydrogens is 426 g/mol. The Morgan fingerprint density at radius 2 is 1.85 bits per heavy atom. The van der Waals surface area contributed by atoms with Crippen LogP contribution in [-0.4, -0.2) is 39.4 Å². The maximum atomic E-state index is 13.0. The first-order chi connectivity index (χ1) is 16.5. The minimum atomic E-state index is -0.463. The maximum absolute atomic E-state index is 13.0. The summed E-state index contributed by atoms with van der Waals surface area (Å²) in [6.07, 6.45) is 7.42.